The highest BCUT2D eigenvalue weighted by Crippen LogP contribution is 2.39. The number of benzene rings is 1. The number of aryl methyl sites for hydroxylation is 2. The van der Waals surface area contributed by atoms with Crippen molar-refractivity contribution in [3.63, 3.8) is 0 Å². The molecule has 0 bridgehead atoms. The Labute approximate surface area is 176 Å². The lowest BCUT2D eigenvalue weighted by molar-refractivity contribution is -0.127. The van der Waals surface area contributed by atoms with Crippen molar-refractivity contribution in [1.29, 1.82) is 0 Å². The van der Waals surface area contributed by atoms with E-state index in [0.717, 1.165) is 37.2 Å². The molecule has 30 heavy (non-hydrogen) atoms. The maximum Gasteiger partial charge on any atom is 0.249 e. The molecular weight excluding hydrogens is 380 g/mol. The van der Waals surface area contributed by atoms with Crippen molar-refractivity contribution in [3.8, 4) is 0 Å². The van der Waals surface area contributed by atoms with E-state index in [1.54, 1.807) is 4.90 Å². The Kier molecular flexibility index (Phi) is 4.83. The molecule has 2 amide bonds. The molecular formula is C23H28N4O3. The lowest BCUT2D eigenvalue weighted by Crippen LogP contribution is -2.37. The molecule has 1 saturated heterocycles. The maximum absolute atomic E-state index is 13.0. The van der Waals surface area contributed by atoms with Crippen LogP contribution in [0.2, 0.25) is 0 Å². The molecule has 2 heterocycles. The fourth-order valence-electron chi connectivity index (χ4n) is 4.52. The summed E-state index contributed by atoms with van der Waals surface area (Å²) < 4.78 is 5.45. The monoisotopic (exact) mass is 408 g/mol. The van der Waals surface area contributed by atoms with Crippen molar-refractivity contribution in [2.45, 2.75) is 64.3 Å². The summed E-state index contributed by atoms with van der Waals surface area (Å²) in [4.78, 5) is 32.0. The van der Waals surface area contributed by atoms with Crippen LogP contribution in [0, 0.1) is 11.8 Å². The lowest BCUT2D eigenvalue weighted by atomic mass is 10.0. The number of anilines is 1. The third-order valence-corrected chi connectivity index (χ3v) is 6.52. The molecule has 1 N–H and O–H groups in total. The van der Waals surface area contributed by atoms with Crippen LogP contribution in [0.4, 0.5) is 5.69 Å². The second-order valence-corrected chi connectivity index (χ2v) is 9.21. The summed E-state index contributed by atoms with van der Waals surface area (Å²) >= 11 is 0. The van der Waals surface area contributed by atoms with Crippen LogP contribution in [0.5, 0.6) is 0 Å². The van der Waals surface area contributed by atoms with E-state index in [2.05, 4.69) is 27.6 Å². The van der Waals surface area contributed by atoms with Crippen molar-refractivity contribution in [3.05, 3.63) is 41.0 Å². The minimum absolute atomic E-state index is 0.00278. The van der Waals surface area contributed by atoms with Gasteiger partial charge in [-0.25, -0.2) is 0 Å². The predicted octanol–water partition coefficient (Wildman–Crippen LogP) is 3.30. The van der Waals surface area contributed by atoms with E-state index in [4.69, 9.17) is 4.52 Å². The number of nitrogens with zero attached hydrogens (tertiary/aromatic N) is 3. The van der Waals surface area contributed by atoms with E-state index in [-0.39, 0.29) is 36.1 Å². The van der Waals surface area contributed by atoms with Gasteiger partial charge in [0.25, 0.3) is 0 Å². The van der Waals surface area contributed by atoms with Gasteiger partial charge in [0.15, 0.2) is 5.82 Å². The highest BCUT2D eigenvalue weighted by atomic mass is 16.5. The number of fused-ring (bicyclic) bond motifs is 1. The standard InChI is InChI=1S/C23H28N4O3/c1-13(2)20(23-25-21(26-30-23)15-6-7-15)24-22(29)17-11-19(28)27(12-17)18-9-8-14-4-3-5-16(14)10-18/h8-10,13,15,17,20H,3-7,11-12H2,1-2H3,(H,24,29). The van der Waals surface area contributed by atoms with E-state index in [1.807, 2.05) is 19.9 Å². The van der Waals surface area contributed by atoms with Crippen LogP contribution in [0.3, 0.4) is 0 Å². The van der Waals surface area contributed by atoms with Gasteiger partial charge in [0.2, 0.25) is 17.7 Å². The molecule has 0 radical (unpaired) electrons. The summed E-state index contributed by atoms with van der Waals surface area (Å²) in [7, 11) is 0. The Balaban J connectivity index is 1.28. The molecule has 158 valence electrons. The van der Waals surface area contributed by atoms with Crippen LogP contribution in [0.1, 0.15) is 74.3 Å². The molecule has 3 aliphatic rings. The van der Waals surface area contributed by atoms with Crippen molar-refractivity contribution in [1.82, 2.24) is 15.5 Å². The molecule has 1 aromatic carbocycles. The molecule has 0 spiro atoms. The number of hydrogen-bond acceptors (Lipinski definition) is 5. The van der Waals surface area contributed by atoms with Gasteiger partial charge in [0.05, 0.1) is 5.92 Å². The van der Waals surface area contributed by atoms with Crippen LogP contribution in [0.15, 0.2) is 22.7 Å². The number of aromatic nitrogens is 2. The van der Waals surface area contributed by atoms with Crippen molar-refractivity contribution < 1.29 is 14.1 Å². The lowest BCUT2D eigenvalue weighted by Gasteiger charge is -2.21. The number of nitrogens with one attached hydrogen (secondary N) is 1. The van der Waals surface area contributed by atoms with Gasteiger partial charge < -0.3 is 14.7 Å². The number of rotatable bonds is 6. The summed E-state index contributed by atoms with van der Waals surface area (Å²) in [5.74, 6) is 1.20. The summed E-state index contributed by atoms with van der Waals surface area (Å²) in [6.07, 6.45) is 5.78. The van der Waals surface area contributed by atoms with Crippen molar-refractivity contribution >= 4 is 17.5 Å². The summed E-state index contributed by atoms with van der Waals surface area (Å²) in [6, 6.07) is 5.91. The Morgan fingerprint density at radius 1 is 1.23 bits per heavy atom. The van der Waals surface area contributed by atoms with Crippen LogP contribution < -0.4 is 10.2 Å². The van der Waals surface area contributed by atoms with Gasteiger partial charge >= 0.3 is 0 Å². The first-order valence-corrected chi connectivity index (χ1v) is 11.1. The largest absolute Gasteiger partial charge is 0.344 e. The molecule has 2 unspecified atom stereocenters. The molecule has 5 rings (SSSR count). The maximum atomic E-state index is 13.0. The van der Waals surface area contributed by atoms with Gasteiger partial charge in [0, 0.05) is 24.6 Å². The number of carbonyl (C=O) groups is 2. The first-order valence-electron chi connectivity index (χ1n) is 11.1. The van der Waals surface area contributed by atoms with Gasteiger partial charge in [-0.1, -0.05) is 25.1 Å². The summed E-state index contributed by atoms with van der Waals surface area (Å²) in [6.45, 7) is 4.44. The Bertz CT molecular complexity index is 979. The second kappa shape index (κ2) is 7.52. The fourth-order valence-corrected chi connectivity index (χ4v) is 4.52. The minimum Gasteiger partial charge on any atom is -0.344 e. The molecule has 1 saturated carbocycles. The number of amides is 2. The number of hydrogen-bond donors (Lipinski definition) is 1. The zero-order valence-corrected chi connectivity index (χ0v) is 17.6. The minimum atomic E-state index is -0.377. The third kappa shape index (κ3) is 3.61. The van der Waals surface area contributed by atoms with Crippen LogP contribution in [-0.2, 0) is 22.4 Å². The Hall–Kier alpha value is -2.70. The fraction of sp³-hybridized carbons (Fsp3) is 0.565. The zero-order chi connectivity index (χ0) is 20.8. The van der Waals surface area contributed by atoms with Crippen LogP contribution >= 0.6 is 0 Å². The topological polar surface area (TPSA) is 88.3 Å². The van der Waals surface area contributed by atoms with Crippen molar-refractivity contribution in [2.75, 3.05) is 11.4 Å². The molecule has 2 atom stereocenters. The predicted molar refractivity (Wildman–Crippen MR) is 111 cm³/mol. The highest BCUT2D eigenvalue weighted by molar-refractivity contribution is 6.00. The Morgan fingerprint density at radius 2 is 2.03 bits per heavy atom. The molecule has 7 nitrogen and oxygen atoms in total. The molecule has 2 aliphatic carbocycles. The van der Waals surface area contributed by atoms with Gasteiger partial charge in [0.1, 0.15) is 6.04 Å². The van der Waals surface area contributed by atoms with Crippen molar-refractivity contribution in [2.24, 2.45) is 11.8 Å². The number of carbonyl (C=O) groups excluding carboxylic acids is 2. The van der Waals surface area contributed by atoms with E-state index in [1.165, 1.54) is 17.5 Å². The first-order chi connectivity index (χ1) is 14.5. The average molecular weight is 409 g/mol. The third-order valence-electron chi connectivity index (χ3n) is 6.52. The van der Waals surface area contributed by atoms with Gasteiger partial charge in [-0.05, 0) is 61.3 Å². The second-order valence-electron chi connectivity index (χ2n) is 9.21. The summed E-state index contributed by atoms with van der Waals surface area (Å²) in [5, 5.41) is 7.15. The molecule has 1 aliphatic heterocycles. The SMILES string of the molecule is CC(C)C(NC(=O)C1CC(=O)N(c2ccc3c(c2)CCC3)C1)c1nc(C2CC2)no1. The van der Waals surface area contributed by atoms with E-state index in [0.29, 0.717) is 18.4 Å². The van der Waals surface area contributed by atoms with Gasteiger partial charge in [-0.3, -0.25) is 9.59 Å². The van der Waals surface area contributed by atoms with Crippen LogP contribution in [0.25, 0.3) is 0 Å². The van der Waals surface area contributed by atoms with Gasteiger partial charge in [-0.2, -0.15) is 4.98 Å². The smallest absolute Gasteiger partial charge is 0.249 e. The summed E-state index contributed by atoms with van der Waals surface area (Å²) in [5.41, 5.74) is 3.61. The van der Waals surface area contributed by atoms with E-state index in [9.17, 15) is 9.59 Å². The van der Waals surface area contributed by atoms with Crippen LogP contribution in [-0.4, -0.2) is 28.5 Å². The molecule has 2 fully saturated rings. The quantitative estimate of drug-likeness (QED) is 0.792. The molecule has 7 heteroatoms. The Morgan fingerprint density at radius 3 is 2.80 bits per heavy atom. The molecule has 1 aromatic heterocycles. The zero-order valence-electron chi connectivity index (χ0n) is 17.6. The molecule has 2 aromatic rings. The average Bonchev–Trinajstić information content (AvgIpc) is 3.13. The van der Waals surface area contributed by atoms with E-state index < -0.39 is 0 Å². The first kappa shape index (κ1) is 19.3. The van der Waals surface area contributed by atoms with E-state index >= 15 is 0 Å². The highest BCUT2D eigenvalue weighted by Gasteiger charge is 2.38. The normalized spacial score (nSPS) is 21.9. The van der Waals surface area contributed by atoms with Gasteiger partial charge in [-0.15, -0.1) is 0 Å².